The zero-order valence-corrected chi connectivity index (χ0v) is 13.0. The average molecular weight is 310 g/mol. The number of nitrogens with one attached hydrogen (secondary N) is 1. The second-order valence-electron chi connectivity index (χ2n) is 4.28. The van der Waals surface area contributed by atoms with Crippen LogP contribution in [0, 0.1) is 0 Å². The summed E-state index contributed by atoms with van der Waals surface area (Å²) in [5.74, 6) is 0.172. The molecule has 2 N–H and O–H groups in total. The van der Waals surface area contributed by atoms with Gasteiger partial charge in [0.25, 0.3) is 0 Å². The number of benzene rings is 1. The van der Waals surface area contributed by atoms with Gasteiger partial charge < -0.3 is 9.84 Å². The van der Waals surface area contributed by atoms with Crippen LogP contribution in [0.5, 0.6) is 5.75 Å². The van der Waals surface area contributed by atoms with Crippen LogP contribution in [0.25, 0.3) is 0 Å². The normalized spacial score (nSPS) is 11.1. The van der Waals surface area contributed by atoms with Gasteiger partial charge in [0.2, 0.25) is 5.91 Å². The smallest absolute Gasteiger partial charge is 0.313 e. The van der Waals surface area contributed by atoms with Crippen molar-refractivity contribution in [3.8, 4) is 5.75 Å². The number of rotatable bonds is 7. The van der Waals surface area contributed by atoms with Crippen molar-refractivity contribution < 1.29 is 19.4 Å². The number of hydrazone groups is 1. The SMILES string of the molecule is COc1ccc(/C(C)=N\NC(C)=O)cc1CSCC(=O)O. The number of carbonyl (C=O) groups is 2. The first kappa shape index (κ1) is 17.0. The summed E-state index contributed by atoms with van der Waals surface area (Å²) in [6.45, 7) is 3.17. The first-order valence-corrected chi connectivity index (χ1v) is 7.37. The largest absolute Gasteiger partial charge is 0.496 e. The number of thioether (sulfide) groups is 1. The van der Waals surface area contributed by atoms with E-state index in [0.29, 0.717) is 17.2 Å². The average Bonchev–Trinajstić information content (AvgIpc) is 2.44. The number of carboxylic acids is 1. The molecule has 0 spiro atoms. The van der Waals surface area contributed by atoms with E-state index in [1.165, 1.54) is 18.7 Å². The van der Waals surface area contributed by atoms with E-state index in [1.807, 2.05) is 12.1 Å². The lowest BCUT2D eigenvalue weighted by atomic mass is 10.1. The Bertz CT molecular complexity index is 558. The number of hydrogen-bond donors (Lipinski definition) is 2. The number of hydrogen-bond acceptors (Lipinski definition) is 5. The Morgan fingerprint density at radius 1 is 1.38 bits per heavy atom. The number of amides is 1. The van der Waals surface area contributed by atoms with E-state index in [9.17, 15) is 9.59 Å². The first-order chi connectivity index (χ1) is 9.93. The van der Waals surface area contributed by atoms with Gasteiger partial charge in [-0.1, -0.05) is 0 Å². The Balaban J connectivity index is 2.90. The van der Waals surface area contributed by atoms with Gasteiger partial charge in [-0.3, -0.25) is 9.59 Å². The monoisotopic (exact) mass is 310 g/mol. The maximum Gasteiger partial charge on any atom is 0.313 e. The van der Waals surface area contributed by atoms with E-state index in [2.05, 4.69) is 10.5 Å². The Labute approximate surface area is 127 Å². The molecule has 0 aromatic heterocycles. The van der Waals surface area contributed by atoms with Gasteiger partial charge >= 0.3 is 5.97 Å². The molecule has 0 fully saturated rings. The zero-order chi connectivity index (χ0) is 15.8. The van der Waals surface area contributed by atoms with Gasteiger partial charge in [-0.15, -0.1) is 11.8 Å². The molecule has 0 saturated carbocycles. The van der Waals surface area contributed by atoms with Gasteiger partial charge in [0.1, 0.15) is 5.75 Å². The molecule has 0 heterocycles. The fourth-order valence-corrected chi connectivity index (χ4v) is 2.31. The van der Waals surface area contributed by atoms with Gasteiger partial charge in [0.15, 0.2) is 0 Å². The van der Waals surface area contributed by atoms with Crippen molar-refractivity contribution in [2.75, 3.05) is 12.9 Å². The predicted octanol–water partition coefficient (Wildman–Crippen LogP) is 1.87. The minimum absolute atomic E-state index is 0.0341. The van der Waals surface area contributed by atoms with Crippen molar-refractivity contribution in [1.29, 1.82) is 0 Å². The van der Waals surface area contributed by atoms with Crippen molar-refractivity contribution in [3.63, 3.8) is 0 Å². The molecule has 0 radical (unpaired) electrons. The molecule has 21 heavy (non-hydrogen) atoms. The molecule has 0 aliphatic rings. The van der Waals surface area contributed by atoms with Crippen LogP contribution in [0.2, 0.25) is 0 Å². The summed E-state index contributed by atoms with van der Waals surface area (Å²) >= 11 is 1.29. The van der Waals surface area contributed by atoms with Gasteiger partial charge in [-0.05, 0) is 30.7 Å². The minimum Gasteiger partial charge on any atom is -0.496 e. The number of aliphatic carboxylic acids is 1. The van der Waals surface area contributed by atoms with E-state index in [1.54, 1.807) is 20.1 Å². The highest BCUT2D eigenvalue weighted by atomic mass is 32.2. The van der Waals surface area contributed by atoms with E-state index >= 15 is 0 Å². The summed E-state index contributed by atoms with van der Waals surface area (Å²) in [7, 11) is 1.57. The van der Waals surface area contributed by atoms with Gasteiger partial charge in [-0.2, -0.15) is 5.10 Å². The molecule has 0 atom stereocenters. The highest BCUT2D eigenvalue weighted by Gasteiger charge is 2.08. The first-order valence-electron chi connectivity index (χ1n) is 6.21. The number of methoxy groups -OCH3 is 1. The third kappa shape index (κ3) is 5.86. The number of nitrogens with zero attached hydrogens (tertiary/aromatic N) is 1. The standard InChI is InChI=1S/C14H18N2O4S/c1-9(15-16-10(2)17)11-4-5-13(20-3)12(6-11)7-21-8-14(18)19/h4-6H,7-8H2,1-3H3,(H,16,17)(H,18,19)/b15-9-. The zero-order valence-electron chi connectivity index (χ0n) is 12.2. The third-order valence-electron chi connectivity index (χ3n) is 2.56. The fourth-order valence-electron chi connectivity index (χ4n) is 1.59. The van der Waals surface area contributed by atoms with Crippen LogP contribution in [-0.4, -0.2) is 35.6 Å². The number of carbonyl (C=O) groups excluding carboxylic acids is 1. The Morgan fingerprint density at radius 3 is 2.67 bits per heavy atom. The van der Waals surface area contributed by atoms with Crippen molar-refractivity contribution in [2.45, 2.75) is 19.6 Å². The van der Waals surface area contributed by atoms with Crippen molar-refractivity contribution in [1.82, 2.24) is 5.43 Å². The Hall–Kier alpha value is -2.02. The minimum atomic E-state index is -0.849. The third-order valence-corrected chi connectivity index (χ3v) is 3.53. The van der Waals surface area contributed by atoms with E-state index in [0.717, 1.165) is 11.1 Å². The molecule has 0 unspecified atom stereocenters. The number of ether oxygens (including phenoxy) is 1. The lowest BCUT2D eigenvalue weighted by Gasteiger charge is -2.10. The summed E-state index contributed by atoms with van der Waals surface area (Å²) in [5.41, 5.74) is 4.78. The molecule has 1 aromatic carbocycles. The molecule has 7 heteroatoms. The molecule has 6 nitrogen and oxygen atoms in total. The molecule has 0 aliphatic carbocycles. The molecule has 0 bridgehead atoms. The van der Waals surface area contributed by atoms with Crippen LogP contribution in [-0.2, 0) is 15.3 Å². The Kier molecular flexibility index (Phi) is 6.74. The highest BCUT2D eigenvalue weighted by Crippen LogP contribution is 2.24. The van der Waals surface area contributed by atoms with E-state index in [4.69, 9.17) is 9.84 Å². The van der Waals surface area contributed by atoms with Crippen LogP contribution in [0.4, 0.5) is 0 Å². The topological polar surface area (TPSA) is 88.0 Å². The van der Waals surface area contributed by atoms with Gasteiger partial charge in [-0.25, -0.2) is 5.43 Å². The van der Waals surface area contributed by atoms with Crippen LogP contribution in [0.3, 0.4) is 0 Å². The van der Waals surface area contributed by atoms with Crippen LogP contribution in [0.15, 0.2) is 23.3 Å². The van der Waals surface area contributed by atoms with Crippen molar-refractivity contribution in [2.24, 2.45) is 5.10 Å². The predicted molar refractivity (Wildman–Crippen MR) is 82.8 cm³/mol. The maximum atomic E-state index is 10.9. The van der Waals surface area contributed by atoms with E-state index < -0.39 is 5.97 Å². The van der Waals surface area contributed by atoms with Crippen LogP contribution >= 0.6 is 11.8 Å². The Morgan fingerprint density at radius 2 is 2.10 bits per heavy atom. The molecular weight excluding hydrogens is 292 g/mol. The molecular formula is C14H18N2O4S. The maximum absolute atomic E-state index is 10.9. The molecule has 0 aliphatic heterocycles. The number of carboxylic acid groups (broad SMARTS) is 1. The van der Waals surface area contributed by atoms with Crippen molar-refractivity contribution >= 4 is 29.4 Å². The fraction of sp³-hybridized carbons (Fsp3) is 0.357. The summed E-state index contributed by atoms with van der Waals surface area (Å²) in [6, 6.07) is 5.53. The highest BCUT2D eigenvalue weighted by molar-refractivity contribution is 7.99. The molecule has 1 amide bonds. The van der Waals surface area contributed by atoms with Crippen molar-refractivity contribution in [3.05, 3.63) is 29.3 Å². The second-order valence-corrected chi connectivity index (χ2v) is 5.26. The summed E-state index contributed by atoms with van der Waals surface area (Å²) in [4.78, 5) is 21.4. The van der Waals surface area contributed by atoms with E-state index in [-0.39, 0.29) is 11.7 Å². The summed E-state index contributed by atoms with van der Waals surface area (Å²) < 4.78 is 5.27. The van der Waals surface area contributed by atoms with Crippen LogP contribution in [0.1, 0.15) is 25.0 Å². The van der Waals surface area contributed by atoms with Gasteiger partial charge in [0, 0.05) is 18.2 Å². The lowest BCUT2D eigenvalue weighted by Crippen LogP contribution is -2.15. The summed E-state index contributed by atoms with van der Waals surface area (Å²) in [6.07, 6.45) is 0. The van der Waals surface area contributed by atoms with Gasteiger partial charge in [0.05, 0.1) is 18.6 Å². The lowest BCUT2D eigenvalue weighted by molar-refractivity contribution is -0.133. The molecule has 1 aromatic rings. The van der Waals surface area contributed by atoms with Crippen LogP contribution < -0.4 is 10.2 Å². The summed E-state index contributed by atoms with van der Waals surface area (Å²) in [5, 5.41) is 12.6. The molecule has 1 rings (SSSR count). The second kappa shape index (κ2) is 8.31. The quantitative estimate of drug-likeness (QED) is 0.593. The molecule has 114 valence electrons. The molecule has 0 saturated heterocycles.